The maximum Gasteiger partial charge on any atom is 0.0963 e. The van der Waals surface area contributed by atoms with E-state index in [-0.39, 0.29) is 5.41 Å². The molecule has 0 atom stereocenters. The molecule has 0 aromatic rings. The quantitative estimate of drug-likeness (QED) is 0.356. The minimum atomic E-state index is -0.147. The fourth-order valence-corrected chi connectivity index (χ4v) is 2.05. The zero-order valence-electron chi connectivity index (χ0n) is 13.1. The minimum Gasteiger partial charge on any atom is -0.387 e. The van der Waals surface area contributed by atoms with Crippen LogP contribution in [-0.4, -0.2) is 29.9 Å². The number of hydrogen-bond acceptors (Lipinski definition) is 2. The Kier molecular flexibility index (Phi) is 8.25. The van der Waals surface area contributed by atoms with Crippen LogP contribution in [0.4, 0.5) is 0 Å². The molecule has 0 aromatic heterocycles. The summed E-state index contributed by atoms with van der Waals surface area (Å²) in [5, 5.41) is 7.57. The summed E-state index contributed by atoms with van der Waals surface area (Å²) < 4.78 is 0. The van der Waals surface area contributed by atoms with E-state index in [1.54, 1.807) is 0 Å². The highest BCUT2D eigenvalue weighted by molar-refractivity contribution is 5.82. The van der Waals surface area contributed by atoms with Gasteiger partial charge in [0.05, 0.1) is 5.84 Å². The summed E-state index contributed by atoms with van der Waals surface area (Å²) >= 11 is 0. The fourth-order valence-electron chi connectivity index (χ4n) is 2.05. The van der Waals surface area contributed by atoms with Crippen LogP contribution in [0.15, 0.2) is 0 Å². The second-order valence-electron chi connectivity index (χ2n) is 6.24. The van der Waals surface area contributed by atoms with Gasteiger partial charge in [-0.05, 0) is 46.2 Å². The van der Waals surface area contributed by atoms with Gasteiger partial charge >= 0.3 is 0 Å². The predicted molar refractivity (Wildman–Crippen MR) is 81.2 cm³/mol. The molecule has 0 heterocycles. The van der Waals surface area contributed by atoms with Crippen molar-refractivity contribution in [2.75, 3.05) is 13.1 Å². The molecule has 0 fully saturated rings. The first kappa shape index (κ1) is 17.4. The topological polar surface area (TPSA) is 53.1 Å². The molecule has 18 heavy (non-hydrogen) atoms. The van der Waals surface area contributed by atoms with E-state index in [2.05, 4.69) is 39.5 Å². The molecule has 0 spiro atoms. The maximum absolute atomic E-state index is 7.57. The Bertz CT molecular complexity index is 234. The van der Waals surface area contributed by atoms with Gasteiger partial charge in [0.15, 0.2) is 0 Å². The summed E-state index contributed by atoms with van der Waals surface area (Å²) in [5.74, 6) is 0.310. The third-order valence-electron chi connectivity index (χ3n) is 3.76. The van der Waals surface area contributed by atoms with Crippen LogP contribution in [0.3, 0.4) is 0 Å². The van der Waals surface area contributed by atoms with Crippen LogP contribution in [0.5, 0.6) is 0 Å². The Morgan fingerprint density at radius 3 is 2.17 bits per heavy atom. The van der Waals surface area contributed by atoms with E-state index in [9.17, 15) is 0 Å². The second kappa shape index (κ2) is 8.52. The van der Waals surface area contributed by atoms with Crippen molar-refractivity contribution in [1.82, 2.24) is 4.90 Å². The molecule has 0 radical (unpaired) electrons. The molecule has 3 nitrogen and oxygen atoms in total. The first-order chi connectivity index (χ1) is 8.31. The van der Waals surface area contributed by atoms with Crippen LogP contribution in [-0.2, 0) is 0 Å². The molecule has 0 saturated heterocycles. The molecule has 0 unspecified atom stereocenters. The summed E-state index contributed by atoms with van der Waals surface area (Å²) in [7, 11) is 0. The molecular weight excluding hydrogens is 222 g/mol. The molecule has 0 rings (SSSR count). The minimum absolute atomic E-state index is 0.147. The fraction of sp³-hybridized carbons (Fsp3) is 0.933. The zero-order valence-corrected chi connectivity index (χ0v) is 13.1. The highest BCUT2D eigenvalue weighted by Gasteiger charge is 2.21. The molecule has 0 aliphatic carbocycles. The first-order valence-electron chi connectivity index (χ1n) is 7.39. The second-order valence-corrected chi connectivity index (χ2v) is 6.24. The van der Waals surface area contributed by atoms with Gasteiger partial charge < -0.3 is 10.6 Å². The van der Waals surface area contributed by atoms with Crippen LogP contribution in [0.25, 0.3) is 0 Å². The lowest BCUT2D eigenvalue weighted by molar-refractivity contribution is 0.206. The molecule has 0 bridgehead atoms. The number of nitrogens with two attached hydrogens (primary N) is 1. The smallest absolute Gasteiger partial charge is 0.0963 e. The summed E-state index contributed by atoms with van der Waals surface area (Å²) in [6.45, 7) is 13.2. The van der Waals surface area contributed by atoms with Crippen molar-refractivity contribution in [2.45, 2.75) is 72.8 Å². The molecule has 0 aliphatic heterocycles. The van der Waals surface area contributed by atoms with Gasteiger partial charge in [-0.25, -0.2) is 0 Å². The number of amidine groups is 1. The maximum atomic E-state index is 7.57. The van der Waals surface area contributed by atoms with Crippen LogP contribution < -0.4 is 5.73 Å². The van der Waals surface area contributed by atoms with E-state index in [1.807, 2.05) is 0 Å². The number of nitrogens with zero attached hydrogens (tertiary/aromatic N) is 1. The van der Waals surface area contributed by atoms with E-state index in [0.29, 0.717) is 11.9 Å². The van der Waals surface area contributed by atoms with Gasteiger partial charge in [-0.1, -0.05) is 33.6 Å². The van der Waals surface area contributed by atoms with Gasteiger partial charge in [0, 0.05) is 11.5 Å². The average molecular weight is 255 g/mol. The Morgan fingerprint density at radius 1 is 1.17 bits per heavy atom. The molecule has 108 valence electrons. The number of rotatable bonds is 10. The highest BCUT2D eigenvalue weighted by atomic mass is 15.1. The first-order valence-corrected chi connectivity index (χ1v) is 7.39. The predicted octanol–water partition coefficient (Wildman–Crippen LogP) is 3.63. The lowest BCUT2D eigenvalue weighted by atomic mass is 9.86. The summed E-state index contributed by atoms with van der Waals surface area (Å²) in [5.41, 5.74) is 5.47. The highest BCUT2D eigenvalue weighted by Crippen LogP contribution is 2.22. The van der Waals surface area contributed by atoms with Crippen LogP contribution in [0, 0.1) is 10.8 Å². The molecule has 3 heteroatoms. The van der Waals surface area contributed by atoms with E-state index < -0.39 is 0 Å². The van der Waals surface area contributed by atoms with Crippen molar-refractivity contribution in [3.05, 3.63) is 0 Å². The van der Waals surface area contributed by atoms with Crippen LogP contribution in [0.1, 0.15) is 66.7 Å². The van der Waals surface area contributed by atoms with Gasteiger partial charge in [0.2, 0.25) is 0 Å². The number of hydrogen-bond donors (Lipinski definition) is 2. The Hall–Kier alpha value is -0.570. The van der Waals surface area contributed by atoms with E-state index in [0.717, 1.165) is 19.4 Å². The Labute approximate surface area is 114 Å². The number of unbranched alkanes of at least 4 members (excludes halogenated alkanes) is 2. The van der Waals surface area contributed by atoms with E-state index >= 15 is 0 Å². The number of nitrogens with one attached hydrogen (secondary N) is 1. The molecule has 0 amide bonds. The lowest BCUT2D eigenvalue weighted by Crippen LogP contribution is -2.35. The van der Waals surface area contributed by atoms with E-state index in [4.69, 9.17) is 11.1 Å². The largest absolute Gasteiger partial charge is 0.387 e. The third kappa shape index (κ3) is 7.00. The van der Waals surface area contributed by atoms with Crippen molar-refractivity contribution >= 4 is 5.84 Å². The Balaban J connectivity index is 4.01. The summed E-state index contributed by atoms with van der Waals surface area (Å²) in [4.78, 5) is 2.55. The van der Waals surface area contributed by atoms with Gasteiger partial charge in [-0.15, -0.1) is 0 Å². The van der Waals surface area contributed by atoms with Crippen molar-refractivity contribution in [3.63, 3.8) is 0 Å². The normalized spacial score (nSPS) is 12.4. The average Bonchev–Trinajstić information content (AvgIpc) is 2.26. The van der Waals surface area contributed by atoms with Gasteiger partial charge in [0.25, 0.3) is 0 Å². The SMILES string of the molecule is CCCCCN(CCCC(C)(C)C(=N)N)C(C)C. The van der Waals surface area contributed by atoms with Crippen LogP contribution in [0.2, 0.25) is 0 Å². The zero-order chi connectivity index (χ0) is 14.2. The molecule has 3 N–H and O–H groups in total. The lowest BCUT2D eigenvalue weighted by Gasteiger charge is -2.29. The van der Waals surface area contributed by atoms with Gasteiger partial charge in [-0.3, -0.25) is 5.41 Å². The van der Waals surface area contributed by atoms with Crippen molar-refractivity contribution in [1.29, 1.82) is 5.41 Å². The Morgan fingerprint density at radius 2 is 1.72 bits per heavy atom. The van der Waals surface area contributed by atoms with Crippen molar-refractivity contribution < 1.29 is 0 Å². The third-order valence-corrected chi connectivity index (χ3v) is 3.76. The van der Waals surface area contributed by atoms with Crippen molar-refractivity contribution in [2.24, 2.45) is 11.1 Å². The van der Waals surface area contributed by atoms with Crippen LogP contribution >= 0.6 is 0 Å². The van der Waals surface area contributed by atoms with Gasteiger partial charge in [0.1, 0.15) is 0 Å². The monoisotopic (exact) mass is 255 g/mol. The summed E-state index contributed by atoms with van der Waals surface area (Å²) in [6, 6.07) is 0.613. The van der Waals surface area contributed by atoms with Crippen molar-refractivity contribution in [3.8, 4) is 0 Å². The summed E-state index contributed by atoms with van der Waals surface area (Å²) in [6.07, 6.45) is 6.02. The van der Waals surface area contributed by atoms with E-state index in [1.165, 1.54) is 25.8 Å². The molecule has 0 aromatic carbocycles. The standard InChI is InChI=1S/C15H33N3/c1-6-7-8-11-18(13(2)3)12-9-10-15(4,5)14(16)17/h13H,6-12H2,1-5H3,(H3,16,17). The molecular formula is C15H33N3. The molecule has 0 aliphatic rings. The van der Waals surface area contributed by atoms with Gasteiger partial charge in [-0.2, -0.15) is 0 Å². The molecule has 0 saturated carbocycles.